The van der Waals surface area contributed by atoms with Crippen molar-refractivity contribution in [2.45, 2.75) is 18.6 Å². The zero-order chi connectivity index (χ0) is 27.6. The zero-order valence-electron chi connectivity index (χ0n) is 20.4. The fourth-order valence-corrected chi connectivity index (χ4v) is 6.12. The molecule has 0 bridgehead atoms. The highest BCUT2D eigenvalue weighted by Gasteiger charge is 2.74. The van der Waals surface area contributed by atoms with Gasteiger partial charge in [0.05, 0.1) is 45.8 Å². The summed E-state index contributed by atoms with van der Waals surface area (Å²) in [6.07, 6.45) is -1.15. The smallest absolute Gasteiger partial charge is 0.338 e. The van der Waals surface area contributed by atoms with Crippen LogP contribution >= 0.6 is 23.2 Å². The Morgan fingerprint density at radius 1 is 0.897 bits per heavy atom. The van der Waals surface area contributed by atoms with E-state index in [0.29, 0.717) is 5.56 Å². The summed E-state index contributed by atoms with van der Waals surface area (Å²) in [6, 6.07) is 16.8. The average molecular weight is 564 g/mol. The van der Waals surface area contributed by atoms with Crippen molar-refractivity contribution in [1.29, 1.82) is 0 Å². The van der Waals surface area contributed by atoms with Crippen LogP contribution in [0.3, 0.4) is 0 Å². The van der Waals surface area contributed by atoms with Crippen LogP contribution in [0.25, 0.3) is 0 Å². The van der Waals surface area contributed by atoms with Crippen molar-refractivity contribution in [3.8, 4) is 0 Å². The summed E-state index contributed by atoms with van der Waals surface area (Å²) in [5, 5.41) is 0.114. The third-order valence-electron chi connectivity index (χ3n) is 7.44. The van der Waals surface area contributed by atoms with Gasteiger partial charge in [0.15, 0.2) is 0 Å². The van der Waals surface area contributed by atoms with Crippen LogP contribution in [0, 0.1) is 11.8 Å². The molecule has 2 fully saturated rings. The molecule has 8 nitrogen and oxygen atoms in total. The quantitative estimate of drug-likeness (QED) is 0.253. The molecule has 10 heteroatoms. The maximum absolute atomic E-state index is 14.0. The molecule has 2 heterocycles. The van der Waals surface area contributed by atoms with E-state index < -0.39 is 52.9 Å². The predicted octanol–water partition coefficient (Wildman–Crippen LogP) is 4.87. The van der Waals surface area contributed by atoms with Gasteiger partial charge in [-0.15, -0.1) is 0 Å². The number of hydrogen-bond acceptors (Lipinski definition) is 7. The van der Waals surface area contributed by atoms with Crippen LogP contribution in [0.5, 0.6) is 0 Å². The van der Waals surface area contributed by atoms with E-state index in [-0.39, 0.29) is 39.0 Å². The Morgan fingerprint density at radius 2 is 1.54 bits per heavy atom. The van der Waals surface area contributed by atoms with Crippen molar-refractivity contribution in [3.05, 3.63) is 99.0 Å². The van der Waals surface area contributed by atoms with Gasteiger partial charge in [-0.05, 0) is 36.8 Å². The standard InChI is InChI=1S/C29H19Cl2NO7/c1-2-38-28(37)15-12-10-14(11-13-15)23-20-21(27(36)32(26(20)35)19-9-5-8-18(30)22(19)31)29(39-23)24(33)16-6-3-4-7-17(16)25(29)34/h3-13,20-21,23H,2H2,1H3/t20-,21-,23+/m0/s1. The van der Waals surface area contributed by atoms with Crippen molar-refractivity contribution in [2.24, 2.45) is 11.8 Å². The fraction of sp³-hybridized carbons (Fsp3) is 0.207. The van der Waals surface area contributed by atoms with Crippen LogP contribution in [0.2, 0.25) is 10.0 Å². The molecule has 0 unspecified atom stereocenters. The van der Waals surface area contributed by atoms with Crippen LogP contribution in [-0.4, -0.2) is 41.6 Å². The monoisotopic (exact) mass is 563 g/mol. The first-order valence-electron chi connectivity index (χ1n) is 12.2. The summed E-state index contributed by atoms with van der Waals surface area (Å²) >= 11 is 12.6. The second-order valence-corrected chi connectivity index (χ2v) is 10.2. The second-order valence-electron chi connectivity index (χ2n) is 9.41. The minimum absolute atomic E-state index is 0.0153. The Morgan fingerprint density at radius 3 is 2.15 bits per heavy atom. The highest BCUT2D eigenvalue weighted by atomic mass is 35.5. The number of imide groups is 1. The number of rotatable bonds is 4. The molecule has 2 amide bonds. The van der Waals surface area contributed by atoms with E-state index in [0.717, 1.165) is 4.90 Å². The lowest BCUT2D eigenvalue weighted by Gasteiger charge is -2.27. The SMILES string of the molecule is CCOC(=O)c1ccc([C@H]2OC3(C(=O)c4ccccc4C3=O)[C@@H]3C(=O)N(c4cccc(Cl)c4Cl)C(=O)[C@H]23)cc1. The first-order valence-corrected chi connectivity index (χ1v) is 12.9. The normalized spacial score (nSPS) is 22.9. The molecule has 0 radical (unpaired) electrons. The van der Waals surface area contributed by atoms with Crippen LogP contribution in [-0.2, 0) is 19.1 Å². The maximum Gasteiger partial charge on any atom is 0.338 e. The number of amides is 2. The maximum atomic E-state index is 14.0. The molecule has 0 N–H and O–H groups in total. The topological polar surface area (TPSA) is 107 Å². The number of halogens is 2. The predicted molar refractivity (Wildman–Crippen MR) is 140 cm³/mol. The van der Waals surface area contributed by atoms with Gasteiger partial charge in [-0.3, -0.25) is 19.2 Å². The molecule has 1 spiro atoms. The summed E-state index contributed by atoms with van der Waals surface area (Å²) in [4.78, 5) is 68.7. The van der Waals surface area contributed by atoms with Gasteiger partial charge >= 0.3 is 5.97 Å². The number of ether oxygens (including phenoxy) is 2. The third kappa shape index (κ3) is 3.45. The molecule has 1 aliphatic carbocycles. The molecule has 3 aliphatic rings. The molecular formula is C29H19Cl2NO7. The fourth-order valence-electron chi connectivity index (χ4n) is 5.74. The second kappa shape index (κ2) is 9.12. The Bertz CT molecular complexity index is 1560. The minimum Gasteiger partial charge on any atom is -0.462 e. The molecular weight excluding hydrogens is 545 g/mol. The van der Waals surface area contributed by atoms with Gasteiger partial charge in [-0.1, -0.05) is 65.7 Å². The molecule has 3 aromatic carbocycles. The highest BCUT2D eigenvalue weighted by molar-refractivity contribution is 6.45. The summed E-state index contributed by atoms with van der Waals surface area (Å²) in [5.41, 5.74) is -1.25. The van der Waals surface area contributed by atoms with Crippen molar-refractivity contribution < 1.29 is 33.4 Å². The third-order valence-corrected chi connectivity index (χ3v) is 8.25. The number of hydrogen-bond donors (Lipinski definition) is 0. The molecule has 2 aliphatic heterocycles. The van der Waals surface area contributed by atoms with Gasteiger partial charge in [0, 0.05) is 11.1 Å². The largest absolute Gasteiger partial charge is 0.462 e. The van der Waals surface area contributed by atoms with Gasteiger partial charge in [0.2, 0.25) is 29.0 Å². The van der Waals surface area contributed by atoms with E-state index >= 15 is 0 Å². The van der Waals surface area contributed by atoms with Gasteiger partial charge < -0.3 is 9.47 Å². The number of benzene rings is 3. The summed E-state index contributed by atoms with van der Waals surface area (Å²) in [6.45, 7) is 1.88. The van der Waals surface area contributed by atoms with E-state index in [1.165, 1.54) is 42.5 Å². The Balaban J connectivity index is 1.50. The van der Waals surface area contributed by atoms with Gasteiger partial charge in [-0.25, -0.2) is 9.69 Å². The number of anilines is 1. The lowest BCUT2D eigenvalue weighted by atomic mass is 9.77. The first-order chi connectivity index (χ1) is 18.7. The summed E-state index contributed by atoms with van der Waals surface area (Å²) in [7, 11) is 0. The number of carbonyl (C=O) groups excluding carboxylic acids is 5. The Hall–Kier alpha value is -3.85. The van der Waals surface area contributed by atoms with Gasteiger partial charge in [-0.2, -0.15) is 0 Å². The minimum atomic E-state index is -2.23. The Kier molecular flexibility index (Phi) is 5.95. The van der Waals surface area contributed by atoms with E-state index in [2.05, 4.69) is 0 Å². The van der Waals surface area contributed by atoms with Crippen molar-refractivity contribution in [3.63, 3.8) is 0 Å². The number of Topliss-reactive ketones (excluding diaryl/α,β-unsaturated/α-hetero) is 2. The van der Waals surface area contributed by atoms with Gasteiger partial charge in [0.1, 0.15) is 0 Å². The van der Waals surface area contributed by atoms with Crippen molar-refractivity contribution >= 4 is 58.2 Å². The lowest BCUT2D eigenvalue weighted by Crippen LogP contribution is -2.51. The number of carbonyl (C=O) groups is 5. The molecule has 3 aromatic rings. The molecule has 2 saturated heterocycles. The van der Waals surface area contributed by atoms with Crippen molar-refractivity contribution in [2.75, 3.05) is 11.5 Å². The molecule has 39 heavy (non-hydrogen) atoms. The first kappa shape index (κ1) is 25.4. The average Bonchev–Trinajstić information content (AvgIpc) is 3.50. The molecule has 196 valence electrons. The summed E-state index contributed by atoms with van der Waals surface area (Å²) < 4.78 is 11.3. The molecule has 0 aromatic heterocycles. The van der Waals surface area contributed by atoms with Crippen LogP contribution in [0.15, 0.2) is 66.7 Å². The van der Waals surface area contributed by atoms with Crippen LogP contribution in [0.1, 0.15) is 49.7 Å². The number of nitrogens with zero attached hydrogens (tertiary/aromatic N) is 1. The Labute approximate surface area is 232 Å². The molecule has 3 atom stereocenters. The van der Waals surface area contributed by atoms with E-state index in [9.17, 15) is 24.0 Å². The van der Waals surface area contributed by atoms with Gasteiger partial charge in [0.25, 0.3) is 0 Å². The summed E-state index contributed by atoms with van der Waals surface area (Å²) in [5.74, 6) is -6.01. The van der Waals surface area contributed by atoms with E-state index in [1.807, 2.05) is 0 Å². The lowest BCUT2D eigenvalue weighted by molar-refractivity contribution is -0.127. The molecule has 0 saturated carbocycles. The molecule has 6 rings (SSSR count). The number of fused-ring (bicyclic) bond motifs is 3. The zero-order valence-corrected chi connectivity index (χ0v) is 21.9. The number of esters is 1. The van der Waals surface area contributed by atoms with E-state index in [1.54, 1.807) is 31.2 Å². The number of ketones is 2. The van der Waals surface area contributed by atoms with Crippen LogP contribution < -0.4 is 4.90 Å². The highest BCUT2D eigenvalue weighted by Crippen LogP contribution is 2.58. The van der Waals surface area contributed by atoms with E-state index in [4.69, 9.17) is 32.7 Å². The van der Waals surface area contributed by atoms with Crippen molar-refractivity contribution in [1.82, 2.24) is 0 Å². The van der Waals surface area contributed by atoms with Crippen LogP contribution in [0.4, 0.5) is 5.69 Å².